The van der Waals surface area contributed by atoms with Gasteiger partial charge in [-0.1, -0.05) is 13.0 Å². The molecule has 1 aromatic carbocycles. The van der Waals surface area contributed by atoms with E-state index in [9.17, 15) is 4.39 Å². The summed E-state index contributed by atoms with van der Waals surface area (Å²) < 4.78 is 18.9. The lowest BCUT2D eigenvalue weighted by atomic mass is 10.2. The molecule has 0 saturated carbocycles. The Kier molecular flexibility index (Phi) is 4.34. The molecule has 2 aromatic rings. The summed E-state index contributed by atoms with van der Waals surface area (Å²) >= 11 is 0. The lowest BCUT2D eigenvalue weighted by Crippen LogP contribution is -2.06. The number of rotatable bonds is 5. The van der Waals surface area contributed by atoms with Crippen LogP contribution >= 0.6 is 0 Å². The number of aromatic nitrogens is 2. The largest absolute Gasteiger partial charge is 0.476 e. The van der Waals surface area contributed by atoms with E-state index in [1.54, 1.807) is 19.1 Å². The summed E-state index contributed by atoms with van der Waals surface area (Å²) in [5, 5.41) is 2.96. The number of nitrogens with zero attached hydrogens (tertiary/aromatic N) is 2. The van der Waals surface area contributed by atoms with Crippen molar-refractivity contribution < 1.29 is 9.13 Å². The molecule has 0 atom stereocenters. The lowest BCUT2D eigenvalue weighted by molar-refractivity contribution is 0.307. The number of ether oxygens (including phenoxy) is 1. The number of nitrogens with two attached hydrogens (primary N) is 1. The molecular weight excluding hydrogens is 259 g/mol. The minimum absolute atomic E-state index is 0.287. The maximum atomic E-state index is 13.5. The van der Waals surface area contributed by atoms with Crippen molar-refractivity contribution in [3.8, 4) is 5.88 Å². The molecular formula is C14H17FN4O. The van der Waals surface area contributed by atoms with E-state index < -0.39 is 0 Å². The van der Waals surface area contributed by atoms with Gasteiger partial charge in [0.05, 0.1) is 6.61 Å². The van der Waals surface area contributed by atoms with Crippen LogP contribution in [0.1, 0.15) is 18.9 Å². The molecule has 0 unspecified atom stereocenters. The molecule has 2 rings (SSSR count). The van der Waals surface area contributed by atoms with Gasteiger partial charge in [0.25, 0.3) is 0 Å². The van der Waals surface area contributed by atoms with Crippen LogP contribution in [0.2, 0.25) is 0 Å². The van der Waals surface area contributed by atoms with Crippen LogP contribution in [0.5, 0.6) is 5.88 Å². The summed E-state index contributed by atoms with van der Waals surface area (Å²) in [6, 6.07) is 4.83. The van der Waals surface area contributed by atoms with Crippen LogP contribution in [-0.4, -0.2) is 16.6 Å². The van der Waals surface area contributed by atoms with Crippen LogP contribution in [0, 0.1) is 12.7 Å². The Hall–Kier alpha value is -2.37. The number of hydrogen-bond acceptors (Lipinski definition) is 5. The smallest absolute Gasteiger partial charge is 0.242 e. The van der Waals surface area contributed by atoms with E-state index in [-0.39, 0.29) is 5.82 Å². The highest BCUT2D eigenvalue weighted by Gasteiger charge is 2.10. The van der Waals surface area contributed by atoms with Crippen molar-refractivity contribution >= 4 is 17.2 Å². The van der Waals surface area contributed by atoms with Crippen LogP contribution in [0.15, 0.2) is 24.5 Å². The average molecular weight is 276 g/mol. The number of halogens is 1. The van der Waals surface area contributed by atoms with Crippen LogP contribution in [0.3, 0.4) is 0 Å². The molecule has 1 aromatic heterocycles. The predicted octanol–water partition coefficient (Wildman–Crippen LogP) is 3.04. The molecule has 6 heteroatoms. The van der Waals surface area contributed by atoms with Crippen LogP contribution in [0.25, 0.3) is 0 Å². The van der Waals surface area contributed by atoms with Gasteiger partial charge in [0.2, 0.25) is 5.88 Å². The molecule has 0 aliphatic carbocycles. The summed E-state index contributed by atoms with van der Waals surface area (Å²) in [6.45, 7) is 4.22. The molecule has 0 spiro atoms. The van der Waals surface area contributed by atoms with E-state index in [0.29, 0.717) is 35.2 Å². The Morgan fingerprint density at radius 3 is 2.85 bits per heavy atom. The van der Waals surface area contributed by atoms with Gasteiger partial charge in [0.1, 0.15) is 17.8 Å². The molecule has 3 N–H and O–H groups in total. The fourth-order valence-corrected chi connectivity index (χ4v) is 1.60. The third kappa shape index (κ3) is 3.14. The molecule has 0 aliphatic heterocycles. The summed E-state index contributed by atoms with van der Waals surface area (Å²) in [6.07, 6.45) is 2.21. The molecule has 0 radical (unpaired) electrons. The summed E-state index contributed by atoms with van der Waals surface area (Å²) in [5.41, 5.74) is 7.39. The fourth-order valence-electron chi connectivity index (χ4n) is 1.60. The summed E-state index contributed by atoms with van der Waals surface area (Å²) in [5.74, 6) is 0.441. The quantitative estimate of drug-likeness (QED) is 0.878. The van der Waals surface area contributed by atoms with Gasteiger partial charge in [0.15, 0.2) is 5.82 Å². The zero-order chi connectivity index (χ0) is 14.5. The van der Waals surface area contributed by atoms with Gasteiger partial charge in [-0.3, -0.25) is 0 Å². The maximum absolute atomic E-state index is 13.5. The Balaban J connectivity index is 2.22. The van der Waals surface area contributed by atoms with Gasteiger partial charge < -0.3 is 15.8 Å². The highest BCUT2D eigenvalue weighted by atomic mass is 19.1. The number of anilines is 3. The molecule has 0 aliphatic rings. The van der Waals surface area contributed by atoms with Crippen molar-refractivity contribution in [1.82, 2.24) is 9.97 Å². The first-order valence-electron chi connectivity index (χ1n) is 6.38. The Labute approximate surface area is 117 Å². The monoisotopic (exact) mass is 276 g/mol. The van der Waals surface area contributed by atoms with E-state index in [1.165, 1.54) is 12.4 Å². The minimum atomic E-state index is -0.287. The zero-order valence-corrected chi connectivity index (χ0v) is 11.5. The molecule has 0 amide bonds. The van der Waals surface area contributed by atoms with Crippen molar-refractivity contribution in [3.05, 3.63) is 35.9 Å². The van der Waals surface area contributed by atoms with E-state index in [0.717, 1.165) is 6.42 Å². The third-order valence-corrected chi connectivity index (χ3v) is 2.72. The second kappa shape index (κ2) is 6.18. The Bertz CT molecular complexity index is 604. The third-order valence-electron chi connectivity index (χ3n) is 2.72. The van der Waals surface area contributed by atoms with Crippen molar-refractivity contribution in [1.29, 1.82) is 0 Å². The van der Waals surface area contributed by atoms with Gasteiger partial charge in [-0.2, -0.15) is 4.98 Å². The molecule has 106 valence electrons. The second-order valence-corrected chi connectivity index (χ2v) is 4.38. The van der Waals surface area contributed by atoms with Gasteiger partial charge in [-0.15, -0.1) is 0 Å². The standard InChI is InChI=1S/C14H17FN4O/c1-3-6-20-14-12(16)13(17-8-18-14)19-10-5-4-9(2)11(15)7-10/h4-5,7-8H,3,6,16H2,1-2H3,(H,17,18,19). The van der Waals surface area contributed by atoms with E-state index in [1.807, 2.05) is 6.92 Å². The van der Waals surface area contributed by atoms with Crippen molar-refractivity contribution in [2.24, 2.45) is 0 Å². The first-order valence-corrected chi connectivity index (χ1v) is 6.38. The number of benzene rings is 1. The first kappa shape index (κ1) is 14.0. The van der Waals surface area contributed by atoms with Crippen LogP contribution < -0.4 is 15.8 Å². The molecule has 5 nitrogen and oxygen atoms in total. The fraction of sp³-hybridized carbons (Fsp3) is 0.286. The summed E-state index contributed by atoms with van der Waals surface area (Å²) in [4.78, 5) is 8.02. The molecule has 0 bridgehead atoms. The number of hydrogen-bond donors (Lipinski definition) is 2. The van der Waals surface area contributed by atoms with E-state index in [2.05, 4.69) is 15.3 Å². The number of nitrogens with one attached hydrogen (secondary N) is 1. The van der Waals surface area contributed by atoms with Crippen molar-refractivity contribution in [2.45, 2.75) is 20.3 Å². The van der Waals surface area contributed by atoms with Crippen molar-refractivity contribution in [3.63, 3.8) is 0 Å². The van der Waals surface area contributed by atoms with E-state index in [4.69, 9.17) is 10.5 Å². The normalized spacial score (nSPS) is 10.3. The minimum Gasteiger partial charge on any atom is -0.476 e. The second-order valence-electron chi connectivity index (χ2n) is 4.38. The first-order chi connectivity index (χ1) is 9.61. The van der Waals surface area contributed by atoms with Crippen LogP contribution in [-0.2, 0) is 0 Å². The van der Waals surface area contributed by atoms with Crippen molar-refractivity contribution in [2.75, 3.05) is 17.7 Å². The highest BCUT2D eigenvalue weighted by Crippen LogP contribution is 2.27. The van der Waals surface area contributed by atoms with Gasteiger partial charge in [-0.25, -0.2) is 9.37 Å². The average Bonchev–Trinajstić information content (AvgIpc) is 2.44. The molecule has 0 fully saturated rings. The Morgan fingerprint density at radius 1 is 1.35 bits per heavy atom. The zero-order valence-electron chi connectivity index (χ0n) is 11.5. The number of nitrogen functional groups attached to an aromatic ring is 1. The SMILES string of the molecule is CCCOc1ncnc(Nc2ccc(C)c(F)c2)c1N. The molecule has 0 saturated heterocycles. The lowest BCUT2D eigenvalue weighted by Gasteiger charge is -2.11. The predicted molar refractivity (Wildman–Crippen MR) is 76.7 cm³/mol. The van der Waals surface area contributed by atoms with Gasteiger partial charge >= 0.3 is 0 Å². The number of aryl methyl sites for hydroxylation is 1. The topological polar surface area (TPSA) is 73.1 Å². The molecule has 1 heterocycles. The van der Waals surface area contributed by atoms with E-state index >= 15 is 0 Å². The maximum Gasteiger partial charge on any atom is 0.242 e. The van der Waals surface area contributed by atoms with Crippen LogP contribution in [0.4, 0.5) is 21.6 Å². The van der Waals surface area contributed by atoms with Gasteiger partial charge in [-0.05, 0) is 31.0 Å². The Morgan fingerprint density at radius 2 is 2.15 bits per heavy atom. The van der Waals surface area contributed by atoms with Gasteiger partial charge in [0, 0.05) is 5.69 Å². The molecule has 20 heavy (non-hydrogen) atoms. The summed E-state index contributed by atoms with van der Waals surface area (Å²) in [7, 11) is 0. The highest BCUT2D eigenvalue weighted by molar-refractivity contribution is 5.72.